The van der Waals surface area contributed by atoms with Crippen molar-refractivity contribution in [1.29, 1.82) is 0 Å². The number of benzene rings is 2. The summed E-state index contributed by atoms with van der Waals surface area (Å²) in [7, 11) is 3.08. The Morgan fingerprint density at radius 3 is 1.51 bits per heavy atom. The van der Waals surface area contributed by atoms with Crippen molar-refractivity contribution in [2.75, 3.05) is 27.4 Å². The van der Waals surface area contributed by atoms with Crippen LogP contribution in [0.15, 0.2) is 57.8 Å². The van der Waals surface area contributed by atoms with E-state index in [4.69, 9.17) is 30.4 Å². The molecule has 2 aromatic carbocycles. The average Bonchev–Trinajstić information content (AvgIpc) is 3.44. The highest BCUT2D eigenvalue weighted by Crippen LogP contribution is 2.41. The monoisotopic (exact) mass is 614 g/mol. The molecule has 4 aliphatic rings. The lowest BCUT2D eigenvalue weighted by Gasteiger charge is -2.29. The predicted octanol–water partition coefficient (Wildman–Crippen LogP) is 4.57. The van der Waals surface area contributed by atoms with Gasteiger partial charge in [0.05, 0.1) is 49.9 Å². The van der Waals surface area contributed by atoms with Gasteiger partial charge in [-0.3, -0.25) is 29.4 Å². The number of methoxy groups -OCH3 is 2. The topological polar surface area (TPSA) is 154 Å². The second-order valence-electron chi connectivity index (χ2n) is 12.0. The van der Waals surface area contributed by atoms with Crippen molar-refractivity contribution in [2.24, 2.45) is 21.5 Å². The molecule has 2 atom stereocenters. The fourth-order valence-electron chi connectivity index (χ4n) is 6.11. The van der Waals surface area contributed by atoms with Crippen molar-refractivity contribution in [3.05, 3.63) is 58.9 Å². The van der Waals surface area contributed by atoms with Gasteiger partial charge < -0.3 is 30.4 Å². The van der Waals surface area contributed by atoms with Gasteiger partial charge in [0.2, 0.25) is 0 Å². The highest BCUT2D eigenvalue weighted by Gasteiger charge is 2.42. The predicted molar refractivity (Wildman–Crippen MR) is 170 cm³/mol. The van der Waals surface area contributed by atoms with Gasteiger partial charge in [-0.15, -0.1) is 0 Å². The van der Waals surface area contributed by atoms with Crippen LogP contribution in [0.25, 0.3) is 0 Å². The zero-order valence-electron chi connectivity index (χ0n) is 26.0. The minimum atomic E-state index is -0.981. The number of unbranched alkanes of at least 4 members (excludes halogenated alkanes) is 2. The van der Waals surface area contributed by atoms with Crippen molar-refractivity contribution in [3.8, 4) is 23.0 Å². The maximum atomic E-state index is 13.3. The number of hydrogen-bond acceptors (Lipinski definition) is 10. The molecular formula is C33H38N6O6. The van der Waals surface area contributed by atoms with Crippen LogP contribution in [0.1, 0.15) is 66.7 Å². The molecule has 0 aromatic heterocycles. The normalized spacial score (nSPS) is 23.0. The molecule has 0 saturated heterocycles. The Morgan fingerprint density at radius 1 is 0.689 bits per heavy atom. The van der Waals surface area contributed by atoms with E-state index in [0.29, 0.717) is 71.6 Å². The maximum Gasteiger partial charge on any atom is 0.261 e. The molecule has 0 radical (unpaired) electrons. The fourth-order valence-corrected chi connectivity index (χ4v) is 6.11. The Hall–Kier alpha value is -4.68. The first-order valence-electron chi connectivity index (χ1n) is 14.9. The molecule has 0 unspecified atom stereocenters. The van der Waals surface area contributed by atoms with Crippen LogP contribution in [0.4, 0.5) is 11.4 Å². The summed E-state index contributed by atoms with van der Waals surface area (Å²) in [5, 5.41) is 0. The van der Waals surface area contributed by atoms with Crippen LogP contribution in [0, 0.1) is 0 Å². The number of hydrogen-bond donors (Lipinski definition) is 2. The first-order valence-corrected chi connectivity index (χ1v) is 14.9. The highest BCUT2D eigenvalue weighted by molar-refractivity contribution is 6.06. The number of fused-ring (bicyclic) bond motifs is 4. The zero-order valence-corrected chi connectivity index (χ0v) is 26.0. The van der Waals surface area contributed by atoms with Gasteiger partial charge in [-0.1, -0.05) is 11.1 Å². The van der Waals surface area contributed by atoms with E-state index >= 15 is 0 Å². The summed E-state index contributed by atoms with van der Waals surface area (Å²) in [5.74, 6) is 1.46. The average molecular weight is 615 g/mol. The number of rotatable bonds is 10. The number of ether oxygens (including phenoxy) is 4. The van der Waals surface area contributed by atoms with E-state index < -0.39 is 11.3 Å². The summed E-state index contributed by atoms with van der Waals surface area (Å²) in [5.41, 5.74) is 14.8. The van der Waals surface area contributed by atoms with Crippen LogP contribution < -0.4 is 30.4 Å². The third kappa shape index (κ3) is 5.55. The Bertz CT molecular complexity index is 1560. The molecule has 12 heteroatoms. The largest absolute Gasteiger partial charge is 0.493 e. The van der Waals surface area contributed by atoms with E-state index in [9.17, 15) is 9.59 Å². The van der Waals surface area contributed by atoms with Gasteiger partial charge in [-0.05, 0) is 45.2 Å². The second-order valence-corrected chi connectivity index (χ2v) is 12.0. The smallest absolute Gasteiger partial charge is 0.261 e. The summed E-state index contributed by atoms with van der Waals surface area (Å²) in [4.78, 5) is 38.7. The van der Waals surface area contributed by atoms with Gasteiger partial charge in [0.15, 0.2) is 23.0 Å². The van der Waals surface area contributed by atoms with Gasteiger partial charge in [-0.25, -0.2) is 0 Å². The molecule has 0 fully saturated rings. The number of nitrogens with two attached hydrogens (primary N) is 2. The fraction of sp³-hybridized carbons (Fsp3) is 0.394. The molecule has 2 aromatic rings. The molecule has 4 heterocycles. The van der Waals surface area contributed by atoms with Gasteiger partial charge >= 0.3 is 0 Å². The third-order valence-electron chi connectivity index (χ3n) is 8.34. The molecule has 4 N–H and O–H groups in total. The molecular weight excluding hydrogens is 576 g/mol. The van der Waals surface area contributed by atoms with Gasteiger partial charge in [0.1, 0.15) is 11.3 Å². The van der Waals surface area contributed by atoms with Crippen molar-refractivity contribution >= 4 is 35.6 Å². The van der Waals surface area contributed by atoms with E-state index in [-0.39, 0.29) is 11.8 Å². The second kappa shape index (κ2) is 11.7. The van der Waals surface area contributed by atoms with Crippen LogP contribution in [0.3, 0.4) is 0 Å². The van der Waals surface area contributed by atoms with Crippen molar-refractivity contribution < 1.29 is 28.5 Å². The highest BCUT2D eigenvalue weighted by atomic mass is 16.5. The van der Waals surface area contributed by atoms with Crippen LogP contribution in [0.5, 0.6) is 23.0 Å². The molecule has 12 nitrogen and oxygen atoms in total. The Kier molecular flexibility index (Phi) is 7.88. The van der Waals surface area contributed by atoms with E-state index in [1.807, 2.05) is 13.8 Å². The molecule has 0 saturated carbocycles. The van der Waals surface area contributed by atoms with Crippen molar-refractivity contribution in [1.82, 2.24) is 9.80 Å². The number of aliphatic imine (C=N–C) groups is 2. The third-order valence-corrected chi connectivity index (χ3v) is 8.34. The molecule has 0 bridgehead atoms. The van der Waals surface area contributed by atoms with Crippen molar-refractivity contribution in [3.63, 3.8) is 0 Å². The van der Waals surface area contributed by atoms with Gasteiger partial charge in [0.25, 0.3) is 11.8 Å². The molecule has 0 aliphatic carbocycles. The molecule has 2 amide bonds. The van der Waals surface area contributed by atoms with E-state index in [0.717, 1.165) is 30.4 Å². The Balaban J connectivity index is 1.04. The summed E-state index contributed by atoms with van der Waals surface area (Å²) in [6.45, 7) is 4.75. The summed E-state index contributed by atoms with van der Waals surface area (Å²) in [6, 6.07) is 6.76. The molecule has 236 valence electrons. The lowest BCUT2D eigenvalue weighted by Crippen LogP contribution is -2.54. The number of carbonyl (C=O) groups is 2. The number of nitrogens with zero attached hydrogens (tertiary/aromatic N) is 4. The standard InChI is InChI=1S/C33H38N6O6/c1-20-14-32(34)18-36-24-12-28(26(42-3)10-22(24)30(40)38(32)16-20)44-8-6-5-7-9-45-29-13-25-23(11-27(29)43-4)31(41)39-17-21(2)15-33(39,35)19-37-25/h10-13,16-19H,5-9,14-15,34-35H2,1-4H3/t32-,33-/m0/s1. The minimum absolute atomic E-state index is 0.230. The SMILES string of the molecule is COc1cc2c(cc1OCCCCCOc1cc3c(cc1OC)C(=O)N1C=C(C)C[C@@]1(N)C=N3)N=C[C@]1(N)CC(C)=CN1C2=O. The van der Waals surface area contributed by atoms with E-state index in [1.165, 1.54) is 24.0 Å². The van der Waals surface area contributed by atoms with Crippen LogP contribution in [0.2, 0.25) is 0 Å². The lowest BCUT2D eigenvalue weighted by atomic mass is 10.1. The van der Waals surface area contributed by atoms with Gasteiger partial charge in [0, 0.05) is 49.8 Å². The molecule has 45 heavy (non-hydrogen) atoms. The van der Waals surface area contributed by atoms with Gasteiger partial charge in [-0.2, -0.15) is 0 Å². The summed E-state index contributed by atoms with van der Waals surface area (Å²) >= 11 is 0. The van der Waals surface area contributed by atoms with Crippen LogP contribution >= 0.6 is 0 Å². The maximum absolute atomic E-state index is 13.3. The number of amides is 2. The first kappa shape index (κ1) is 30.4. The summed E-state index contributed by atoms with van der Waals surface area (Å²) in [6.07, 6.45) is 10.2. The Labute approximate surface area is 262 Å². The quantitative estimate of drug-likeness (QED) is 0.369. The lowest BCUT2D eigenvalue weighted by molar-refractivity contribution is 0.0746. The minimum Gasteiger partial charge on any atom is -0.493 e. The Morgan fingerprint density at radius 2 is 1.11 bits per heavy atom. The molecule has 0 spiro atoms. The van der Waals surface area contributed by atoms with Crippen molar-refractivity contribution in [2.45, 2.75) is 57.3 Å². The summed E-state index contributed by atoms with van der Waals surface area (Å²) < 4.78 is 23.2. The van der Waals surface area contributed by atoms with E-state index in [2.05, 4.69) is 9.98 Å². The number of carbonyl (C=O) groups excluding carboxylic acids is 2. The van der Waals surface area contributed by atoms with E-state index in [1.54, 1.807) is 49.1 Å². The molecule has 6 rings (SSSR count). The zero-order chi connectivity index (χ0) is 31.9. The first-order chi connectivity index (χ1) is 21.5. The van der Waals surface area contributed by atoms with Crippen LogP contribution in [-0.2, 0) is 0 Å². The van der Waals surface area contributed by atoms with Crippen LogP contribution in [-0.4, -0.2) is 72.8 Å². The molecule has 4 aliphatic heterocycles.